The number of halogens is 1. The first-order valence-corrected chi connectivity index (χ1v) is 14.1. The molecular formula is C30H29ClN4O2S. The molecular weight excluding hydrogens is 516 g/mol. The van der Waals surface area contributed by atoms with Crippen molar-refractivity contribution in [2.24, 2.45) is 0 Å². The third-order valence-corrected chi connectivity index (χ3v) is 8.23. The zero-order valence-electron chi connectivity index (χ0n) is 21.3. The van der Waals surface area contributed by atoms with E-state index in [-0.39, 0.29) is 35.4 Å². The van der Waals surface area contributed by atoms with Gasteiger partial charge in [0.2, 0.25) is 11.8 Å². The molecule has 0 unspecified atom stereocenters. The van der Waals surface area contributed by atoms with Crippen molar-refractivity contribution in [1.82, 2.24) is 15.1 Å². The molecule has 1 aliphatic heterocycles. The van der Waals surface area contributed by atoms with E-state index in [2.05, 4.69) is 5.32 Å². The summed E-state index contributed by atoms with van der Waals surface area (Å²) in [6, 6.07) is 27.4. The van der Waals surface area contributed by atoms with Gasteiger partial charge in [0, 0.05) is 22.2 Å². The smallest absolute Gasteiger partial charge is 0.240 e. The Morgan fingerprint density at radius 3 is 2.39 bits per heavy atom. The lowest BCUT2D eigenvalue weighted by atomic mass is 9.99. The Morgan fingerprint density at radius 2 is 1.71 bits per heavy atom. The number of nitrogens with one attached hydrogen (secondary N) is 1. The van der Waals surface area contributed by atoms with E-state index in [9.17, 15) is 9.59 Å². The Balaban J connectivity index is 1.78. The zero-order chi connectivity index (χ0) is 26.6. The van der Waals surface area contributed by atoms with Crippen molar-refractivity contribution in [3.8, 4) is 16.9 Å². The number of benzene rings is 3. The summed E-state index contributed by atoms with van der Waals surface area (Å²) in [5, 5.41) is 8.45. The second-order valence-electron chi connectivity index (χ2n) is 9.27. The van der Waals surface area contributed by atoms with Gasteiger partial charge in [-0.1, -0.05) is 85.3 Å². The highest BCUT2D eigenvalue weighted by molar-refractivity contribution is 8.00. The Kier molecular flexibility index (Phi) is 7.86. The van der Waals surface area contributed by atoms with Crippen molar-refractivity contribution in [1.29, 1.82) is 0 Å². The monoisotopic (exact) mass is 544 g/mol. The molecule has 2 amide bonds. The van der Waals surface area contributed by atoms with E-state index in [0.717, 1.165) is 34.5 Å². The van der Waals surface area contributed by atoms with Crippen LogP contribution in [0.2, 0.25) is 5.02 Å². The van der Waals surface area contributed by atoms with Crippen LogP contribution in [0.15, 0.2) is 84.9 Å². The van der Waals surface area contributed by atoms with E-state index in [0.29, 0.717) is 10.8 Å². The molecule has 0 saturated carbocycles. The SMILES string of the molecule is CC[C@H](C)NC(=O)CN1C(=O)CS[C@@H](c2ccccc2Cl)c2c(-c3ccccc3)nn(-c3ccccc3)c21. The van der Waals surface area contributed by atoms with Crippen molar-refractivity contribution < 1.29 is 9.59 Å². The number of para-hydroxylation sites is 1. The number of amides is 2. The second kappa shape index (κ2) is 11.5. The van der Waals surface area contributed by atoms with Crippen LogP contribution in [-0.2, 0) is 9.59 Å². The summed E-state index contributed by atoms with van der Waals surface area (Å²) in [6.07, 6.45) is 0.801. The third kappa shape index (κ3) is 5.22. The molecule has 1 aliphatic rings. The van der Waals surface area contributed by atoms with Crippen LogP contribution in [0, 0.1) is 0 Å². The number of carbonyl (C=O) groups excluding carboxylic acids is 2. The number of anilines is 1. The number of aromatic nitrogens is 2. The summed E-state index contributed by atoms with van der Waals surface area (Å²) in [6.45, 7) is 3.87. The molecule has 2 atom stereocenters. The van der Waals surface area contributed by atoms with E-state index in [1.807, 2.05) is 98.8 Å². The Labute approximate surface area is 232 Å². The van der Waals surface area contributed by atoms with Gasteiger partial charge in [0.25, 0.3) is 0 Å². The largest absolute Gasteiger partial charge is 0.352 e. The van der Waals surface area contributed by atoms with Crippen LogP contribution in [-0.4, -0.2) is 39.9 Å². The Bertz CT molecular complexity index is 1440. The van der Waals surface area contributed by atoms with Crippen LogP contribution in [0.4, 0.5) is 5.82 Å². The number of carbonyl (C=O) groups is 2. The number of thioether (sulfide) groups is 1. The van der Waals surface area contributed by atoms with E-state index < -0.39 is 0 Å². The first-order valence-electron chi connectivity index (χ1n) is 12.7. The first-order chi connectivity index (χ1) is 18.5. The number of nitrogens with zero attached hydrogens (tertiary/aromatic N) is 3. The molecule has 0 fully saturated rings. The highest BCUT2D eigenvalue weighted by Gasteiger charge is 2.38. The molecule has 0 bridgehead atoms. The predicted octanol–water partition coefficient (Wildman–Crippen LogP) is 6.28. The van der Waals surface area contributed by atoms with Crippen molar-refractivity contribution in [2.75, 3.05) is 17.2 Å². The molecule has 8 heteroatoms. The molecule has 5 rings (SSSR count). The standard InChI is InChI=1S/C30H29ClN4O2S/c1-3-20(2)32-25(36)18-34-26(37)19-38-29(23-16-10-11-17-24(23)31)27-28(21-12-6-4-7-13-21)33-35(30(27)34)22-14-8-5-9-15-22/h4-17,20,29H,3,18-19H2,1-2H3,(H,32,36)/t20-,29-/m0/s1. The maximum absolute atomic E-state index is 13.7. The topological polar surface area (TPSA) is 67.2 Å². The van der Waals surface area contributed by atoms with Crippen molar-refractivity contribution in [3.63, 3.8) is 0 Å². The molecule has 38 heavy (non-hydrogen) atoms. The molecule has 4 aromatic rings. The normalized spacial score (nSPS) is 16.0. The summed E-state index contributed by atoms with van der Waals surface area (Å²) in [7, 11) is 0. The lowest BCUT2D eigenvalue weighted by molar-refractivity contribution is -0.123. The fraction of sp³-hybridized carbons (Fsp3) is 0.233. The van der Waals surface area contributed by atoms with Gasteiger partial charge in [-0.25, -0.2) is 4.68 Å². The van der Waals surface area contributed by atoms with Gasteiger partial charge in [-0.15, -0.1) is 11.8 Å². The minimum Gasteiger partial charge on any atom is -0.352 e. The van der Waals surface area contributed by atoms with Gasteiger partial charge in [-0.2, -0.15) is 5.10 Å². The molecule has 1 N–H and O–H groups in total. The molecule has 2 heterocycles. The van der Waals surface area contributed by atoms with Crippen LogP contribution < -0.4 is 10.2 Å². The lowest BCUT2D eigenvalue weighted by Crippen LogP contribution is -2.44. The van der Waals surface area contributed by atoms with Gasteiger partial charge >= 0.3 is 0 Å². The number of hydrogen-bond donors (Lipinski definition) is 1. The average Bonchev–Trinajstić information content (AvgIpc) is 3.27. The van der Waals surface area contributed by atoms with Gasteiger partial charge in [-0.3, -0.25) is 14.5 Å². The highest BCUT2D eigenvalue weighted by Crippen LogP contribution is 2.49. The van der Waals surface area contributed by atoms with Gasteiger partial charge in [0.1, 0.15) is 12.4 Å². The van der Waals surface area contributed by atoms with Crippen LogP contribution in [0.1, 0.15) is 36.6 Å². The Morgan fingerprint density at radius 1 is 1.05 bits per heavy atom. The second-order valence-corrected chi connectivity index (χ2v) is 10.8. The van der Waals surface area contributed by atoms with Crippen molar-refractivity contribution in [3.05, 3.63) is 101 Å². The zero-order valence-corrected chi connectivity index (χ0v) is 22.9. The summed E-state index contributed by atoms with van der Waals surface area (Å²) < 4.78 is 1.79. The predicted molar refractivity (Wildman–Crippen MR) is 155 cm³/mol. The molecule has 3 aromatic carbocycles. The molecule has 194 valence electrons. The number of rotatable bonds is 7. The van der Waals surface area contributed by atoms with E-state index in [4.69, 9.17) is 16.7 Å². The van der Waals surface area contributed by atoms with Crippen molar-refractivity contribution >= 4 is 41.0 Å². The van der Waals surface area contributed by atoms with E-state index in [1.54, 1.807) is 9.58 Å². The van der Waals surface area contributed by atoms with Crippen LogP contribution in [0.5, 0.6) is 0 Å². The highest BCUT2D eigenvalue weighted by atomic mass is 35.5. The molecule has 0 saturated heterocycles. The van der Waals surface area contributed by atoms with Crippen LogP contribution >= 0.6 is 23.4 Å². The molecule has 1 aromatic heterocycles. The number of hydrogen-bond acceptors (Lipinski definition) is 4. The lowest BCUT2D eigenvalue weighted by Gasteiger charge is -2.24. The summed E-state index contributed by atoms with van der Waals surface area (Å²) in [5.41, 5.74) is 4.25. The molecule has 0 spiro atoms. The van der Waals surface area contributed by atoms with Crippen LogP contribution in [0.25, 0.3) is 16.9 Å². The number of fused-ring (bicyclic) bond motifs is 1. The minimum atomic E-state index is -0.266. The first kappa shape index (κ1) is 26.1. The van der Waals surface area contributed by atoms with E-state index >= 15 is 0 Å². The molecule has 0 radical (unpaired) electrons. The third-order valence-electron chi connectivity index (χ3n) is 6.65. The quantitative estimate of drug-likeness (QED) is 0.297. The van der Waals surface area contributed by atoms with E-state index in [1.165, 1.54) is 11.8 Å². The fourth-order valence-electron chi connectivity index (χ4n) is 4.58. The fourth-order valence-corrected chi connectivity index (χ4v) is 6.12. The molecule has 6 nitrogen and oxygen atoms in total. The van der Waals surface area contributed by atoms with Crippen molar-refractivity contribution in [2.45, 2.75) is 31.6 Å². The summed E-state index contributed by atoms with van der Waals surface area (Å²) >= 11 is 8.23. The van der Waals surface area contributed by atoms with Gasteiger partial charge < -0.3 is 5.32 Å². The average molecular weight is 545 g/mol. The van der Waals surface area contributed by atoms with Gasteiger partial charge in [0.05, 0.1) is 22.4 Å². The summed E-state index contributed by atoms with van der Waals surface area (Å²) in [4.78, 5) is 28.4. The molecule has 0 aliphatic carbocycles. The van der Waals surface area contributed by atoms with Gasteiger partial charge in [0.15, 0.2) is 0 Å². The Hall–Kier alpha value is -3.55. The summed E-state index contributed by atoms with van der Waals surface area (Å²) in [5.74, 6) is 0.433. The maximum Gasteiger partial charge on any atom is 0.240 e. The maximum atomic E-state index is 13.7. The van der Waals surface area contributed by atoms with Crippen LogP contribution in [0.3, 0.4) is 0 Å². The van der Waals surface area contributed by atoms with Gasteiger partial charge in [-0.05, 0) is 37.1 Å². The minimum absolute atomic E-state index is 0.00760.